The average Bonchev–Trinajstić information content (AvgIpc) is 2.28. The molecule has 0 radical (unpaired) electrons. The van der Waals surface area contributed by atoms with E-state index in [1.807, 2.05) is 25.1 Å². The van der Waals surface area contributed by atoms with Crippen LogP contribution in [0.25, 0.3) is 11.1 Å². The van der Waals surface area contributed by atoms with Crippen LogP contribution in [-0.4, -0.2) is 11.7 Å². The van der Waals surface area contributed by atoms with Crippen molar-refractivity contribution in [3.8, 4) is 22.6 Å². The topological polar surface area (TPSA) is 29.5 Å². The Bertz CT molecular complexity index is 549. The van der Waals surface area contributed by atoms with E-state index < -0.39 is 0 Å². The number of hydrogen-bond acceptors (Lipinski definition) is 2. The third-order valence-electron chi connectivity index (χ3n) is 2.45. The summed E-state index contributed by atoms with van der Waals surface area (Å²) in [5, 5.41) is 10.2. The fourth-order valence-electron chi connectivity index (χ4n) is 1.72. The van der Waals surface area contributed by atoms with Crippen LogP contribution >= 0.6 is 27.5 Å². The molecule has 18 heavy (non-hydrogen) atoms. The van der Waals surface area contributed by atoms with Crippen molar-refractivity contribution in [2.24, 2.45) is 0 Å². The molecule has 0 fully saturated rings. The molecule has 2 nitrogen and oxygen atoms in total. The van der Waals surface area contributed by atoms with E-state index in [1.54, 1.807) is 18.2 Å². The smallest absolute Gasteiger partial charge is 0.120 e. The first-order valence-corrected chi connectivity index (χ1v) is 6.69. The second-order valence-electron chi connectivity index (χ2n) is 3.77. The second-order valence-corrected chi connectivity index (χ2v) is 5.10. The second kappa shape index (κ2) is 5.63. The highest BCUT2D eigenvalue weighted by Crippen LogP contribution is 2.34. The molecule has 0 saturated carbocycles. The number of phenols is 1. The lowest BCUT2D eigenvalue weighted by atomic mass is 10.1. The quantitative estimate of drug-likeness (QED) is 0.871. The number of halogens is 2. The van der Waals surface area contributed by atoms with Crippen molar-refractivity contribution in [1.29, 1.82) is 0 Å². The number of phenolic OH excluding ortho intramolecular Hbond substituents is 1. The SMILES string of the molecule is CCOc1ccc(-c2cc(O)cc(Br)c2)c(Cl)c1. The normalized spacial score (nSPS) is 10.4. The molecule has 0 aromatic heterocycles. The van der Waals surface area contributed by atoms with Gasteiger partial charge in [-0.05, 0) is 48.9 Å². The van der Waals surface area contributed by atoms with Crippen LogP contribution in [0.15, 0.2) is 40.9 Å². The summed E-state index contributed by atoms with van der Waals surface area (Å²) < 4.78 is 6.19. The van der Waals surface area contributed by atoms with E-state index in [2.05, 4.69) is 15.9 Å². The van der Waals surface area contributed by atoms with Crippen molar-refractivity contribution in [3.05, 3.63) is 45.9 Å². The Morgan fingerprint density at radius 1 is 1.22 bits per heavy atom. The zero-order valence-electron chi connectivity index (χ0n) is 9.78. The highest BCUT2D eigenvalue weighted by atomic mass is 79.9. The Kier molecular flexibility index (Phi) is 4.15. The predicted molar refractivity (Wildman–Crippen MR) is 77.4 cm³/mol. The number of rotatable bonds is 3. The number of ether oxygens (including phenoxy) is 1. The summed E-state index contributed by atoms with van der Waals surface area (Å²) in [6.07, 6.45) is 0. The number of aromatic hydroxyl groups is 1. The molecule has 2 rings (SSSR count). The first kappa shape index (κ1) is 13.2. The highest BCUT2D eigenvalue weighted by molar-refractivity contribution is 9.10. The summed E-state index contributed by atoms with van der Waals surface area (Å²) >= 11 is 9.57. The molecule has 0 heterocycles. The fourth-order valence-corrected chi connectivity index (χ4v) is 2.48. The lowest BCUT2D eigenvalue weighted by Gasteiger charge is -2.09. The minimum absolute atomic E-state index is 0.198. The highest BCUT2D eigenvalue weighted by Gasteiger charge is 2.07. The van der Waals surface area contributed by atoms with Gasteiger partial charge in [-0.1, -0.05) is 27.5 Å². The van der Waals surface area contributed by atoms with Crippen LogP contribution in [0.5, 0.6) is 11.5 Å². The van der Waals surface area contributed by atoms with E-state index in [9.17, 15) is 5.11 Å². The summed E-state index contributed by atoms with van der Waals surface area (Å²) in [6.45, 7) is 2.53. The molecule has 0 bridgehead atoms. The summed E-state index contributed by atoms with van der Waals surface area (Å²) in [5.41, 5.74) is 1.71. The van der Waals surface area contributed by atoms with Crippen molar-refractivity contribution in [3.63, 3.8) is 0 Å². The standard InChI is InChI=1S/C14H12BrClO2/c1-2-18-12-3-4-13(14(16)8-12)9-5-10(15)7-11(17)6-9/h3-8,17H,2H2,1H3. The largest absolute Gasteiger partial charge is 0.508 e. The molecule has 0 aliphatic rings. The van der Waals surface area contributed by atoms with Gasteiger partial charge >= 0.3 is 0 Å². The van der Waals surface area contributed by atoms with Gasteiger partial charge in [-0.3, -0.25) is 0 Å². The van der Waals surface area contributed by atoms with Crippen LogP contribution in [0, 0.1) is 0 Å². The maximum absolute atomic E-state index is 9.59. The van der Waals surface area contributed by atoms with Gasteiger partial charge in [0.2, 0.25) is 0 Å². The van der Waals surface area contributed by atoms with Gasteiger partial charge in [-0.25, -0.2) is 0 Å². The van der Waals surface area contributed by atoms with Crippen LogP contribution in [0.2, 0.25) is 5.02 Å². The van der Waals surface area contributed by atoms with Gasteiger partial charge in [0, 0.05) is 10.0 Å². The average molecular weight is 328 g/mol. The molecule has 0 spiro atoms. The molecular formula is C14H12BrClO2. The van der Waals surface area contributed by atoms with Crippen molar-refractivity contribution in [2.75, 3.05) is 6.61 Å². The van der Waals surface area contributed by atoms with Crippen LogP contribution < -0.4 is 4.74 Å². The molecule has 0 atom stereocenters. The molecule has 0 amide bonds. The van der Waals surface area contributed by atoms with Crippen molar-refractivity contribution in [1.82, 2.24) is 0 Å². The Morgan fingerprint density at radius 2 is 2.00 bits per heavy atom. The van der Waals surface area contributed by atoms with E-state index in [4.69, 9.17) is 16.3 Å². The Labute approximate surface area is 119 Å². The van der Waals surface area contributed by atoms with Crippen LogP contribution in [-0.2, 0) is 0 Å². The van der Waals surface area contributed by atoms with E-state index in [-0.39, 0.29) is 5.75 Å². The Morgan fingerprint density at radius 3 is 2.61 bits per heavy atom. The van der Waals surface area contributed by atoms with E-state index >= 15 is 0 Å². The minimum atomic E-state index is 0.198. The van der Waals surface area contributed by atoms with Gasteiger partial charge in [0.1, 0.15) is 11.5 Å². The van der Waals surface area contributed by atoms with E-state index in [0.717, 1.165) is 21.3 Å². The lowest BCUT2D eigenvalue weighted by molar-refractivity contribution is 0.340. The van der Waals surface area contributed by atoms with Gasteiger partial charge in [-0.15, -0.1) is 0 Å². The lowest BCUT2D eigenvalue weighted by Crippen LogP contribution is -1.91. The van der Waals surface area contributed by atoms with Gasteiger partial charge in [0.25, 0.3) is 0 Å². The summed E-state index contributed by atoms with van der Waals surface area (Å²) in [7, 11) is 0. The zero-order valence-corrected chi connectivity index (χ0v) is 12.1. The molecule has 2 aromatic carbocycles. The zero-order chi connectivity index (χ0) is 13.1. The molecule has 0 aliphatic carbocycles. The molecule has 0 saturated heterocycles. The fraction of sp³-hybridized carbons (Fsp3) is 0.143. The summed E-state index contributed by atoms with van der Waals surface area (Å²) in [4.78, 5) is 0. The Balaban J connectivity index is 2.44. The molecule has 0 aliphatic heterocycles. The van der Waals surface area contributed by atoms with Gasteiger partial charge in [0.05, 0.1) is 11.6 Å². The number of benzene rings is 2. The number of hydrogen-bond donors (Lipinski definition) is 1. The van der Waals surface area contributed by atoms with E-state index in [0.29, 0.717) is 11.6 Å². The maximum Gasteiger partial charge on any atom is 0.120 e. The monoisotopic (exact) mass is 326 g/mol. The first-order valence-electron chi connectivity index (χ1n) is 5.52. The predicted octanol–water partition coefficient (Wildman–Crippen LogP) is 4.87. The maximum atomic E-state index is 9.59. The first-order chi connectivity index (χ1) is 8.60. The van der Waals surface area contributed by atoms with Crippen LogP contribution in [0.1, 0.15) is 6.92 Å². The van der Waals surface area contributed by atoms with Crippen molar-refractivity contribution >= 4 is 27.5 Å². The van der Waals surface area contributed by atoms with Gasteiger partial charge in [0.15, 0.2) is 0 Å². The minimum Gasteiger partial charge on any atom is -0.508 e. The molecule has 1 N–H and O–H groups in total. The summed E-state index contributed by atoms with van der Waals surface area (Å²) in [5.74, 6) is 0.940. The van der Waals surface area contributed by atoms with Crippen LogP contribution in [0.4, 0.5) is 0 Å². The summed E-state index contributed by atoms with van der Waals surface area (Å²) in [6, 6.07) is 10.7. The third-order valence-corrected chi connectivity index (χ3v) is 3.22. The van der Waals surface area contributed by atoms with Gasteiger partial charge in [-0.2, -0.15) is 0 Å². The third kappa shape index (κ3) is 2.98. The van der Waals surface area contributed by atoms with Crippen molar-refractivity contribution < 1.29 is 9.84 Å². The molecule has 4 heteroatoms. The molecule has 2 aromatic rings. The van der Waals surface area contributed by atoms with Crippen molar-refractivity contribution in [2.45, 2.75) is 6.92 Å². The molecule has 0 unspecified atom stereocenters. The molecular weight excluding hydrogens is 316 g/mol. The Hall–Kier alpha value is -1.19. The molecule has 94 valence electrons. The van der Waals surface area contributed by atoms with E-state index in [1.165, 1.54) is 0 Å². The van der Waals surface area contributed by atoms with Crippen LogP contribution in [0.3, 0.4) is 0 Å². The van der Waals surface area contributed by atoms with Gasteiger partial charge < -0.3 is 9.84 Å².